The minimum Gasteiger partial charge on any atom is -0.480 e. The van der Waals surface area contributed by atoms with Crippen LogP contribution in [0, 0.1) is 0 Å². The number of benzene rings is 1. The highest BCUT2D eigenvalue weighted by Gasteiger charge is 2.21. The normalized spacial score (nSPS) is 12.3. The van der Waals surface area contributed by atoms with E-state index in [1.807, 2.05) is 24.3 Å². The average Bonchev–Trinajstić information content (AvgIpc) is 3.09. The smallest absolute Gasteiger partial charge is 0.267 e. The summed E-state index contributed by atoms with van der Waals surface area (Å²) in [7, 11) is 0. The van der Waals surface area contributed by atoms with E-state index in [1.165, 1.54) is 0 Å². The number of hydrogen-bond acceptors (Lipinski definition) is 8. The zero-order chi connectivity index (χ0) is 14.8. The molecule has 8 nitrogen and oxygen atoms in total. The molecule has 1 aromatic carbocycles. The Kier molecular flexibility index (Phi) is 3.57. The van der Waals surface area contributed by atoms with Gasteiger partial charge in [-0.15, -0.1) is 0 Å². The predicted molar refractivity (Wildman–Crippen MR) is 75.2 cm³/mol. The molecule has 0 saturated carbocycles. The van der Waals surface area contributed by atoms with Gasteiger partial charge in [-0.05, 0) is 45.3 Å². The summed E-state index contributed by atoms with van der Waals surface area (Å²) < 4.78 is 16.2. The minimum atomic E-state index is -0.439. The van der Waals surface area contributed by atoms with Crippen LogP contribution < -0.4 is 10.5 Å². The van der Waals surface area contributed by atoms with E-state index in [9.17, 15) is 0 Å². The van der Waals surface area contributed by atoms with Crippen molar-refractivity contribution in [2.45, 2.75) is 13.0 Å². The van der Waals surface area contributed by atoms with E-state index in [2.05, 4.69) is 41.0 Å². The van der Waals surface area contributed by atoms with Gasteiger partial charge in [0.2, 0.25) is 5.82 Å². The van der Waals surface area contributed by atoms with Gasteiger partial charge >= 0.3 is 0 Å². The molecule has 0 bridgehead atoms. The van der Waals surface area contributed by atoms with E-state index in [1.54, 1.807) is 6.92 Å². The van der Waals surface area contributed by atoms with E-state index in [0.29, 0.717) is 11.6 Å². The number of aromatic nitrogens is 4. The van der Waals surface area contributed by atoms with Crippen LogP contribution in [0.2, 0.25) is 0 Å². The van der Waals surface area contributed by atoms with Gasteiger partial charge < -0.3 is 15.0 Å². The SMILES string of the molecule is CC(Oc1ccccc1Br)c1nc(-c2nonc2N)no1. The standard InChI is InChI=1S/C12H10BrN5O3/c1-6(19-8-5-3-2-4-7(8)13)12-15-11(18-20-12)9-10(14)17-21-16-9/h2-6H,1H3,(H2,14,17). The first-order chi connectivity index (χ1) is 10.1. The maximum Gasteiger partial charge on any atom is 0.267 e. The lowest BCUT2D eigenvalue weighted by Gasteiger charge is -2.11. The molecule has 2 N–H and O–H groups in total. The van der Waals surface area contributed by atoms with Crippen LogP contribution in [0.15, 0.2) is 37.9 Å². The molecule has 2 heterocycles. The zero-order valence-electron chi connectivity index (χ0n) is 10.9. The van der Waals surface area contributed by atoms with Gasteiger partial charge in [0.05, 0.1) is 4.47 Å². The molecule has 0 saturated heterocycles. The van der Waals surface area contributed by atoms with E-state index in [4.69, 9.17) is 15.0 Å². The van der Waals surface area contributed by atoms with Crippen molar-refractivity contribution in [3.05, 3.63) is 34.6 Å². The monoisotopic (exact) mass is 351 g/mol. The predicted octanol–water partition coefficient (Wildman–Crippen LogP) is 2.60. The summed E-state index contributed by atoms with van der Waals surface area (Å²) in [5.41, 5.74) is 5.81. The Labute approximate surface area is 127 Å². The van der Waals surface area contributed by atoms with Crippen LogP contribution in [-0.4, -0.2) is 20.5 Å². The molecule has 0 fully saturated rings. The van der Waals surface area contributed by atoms with Gasteiger partial charge in [0.1, 0.15) is 5.75 Å². The topological polar surface area (TPSA) is 113 Å². The van der Waals surface area contributed by atoms with E-state index >= 15 is 0 Å². The molecular weight excluding hydrogens is 342 g/mol. The number of ether oxygens (including phenoxy) is 1. The van der Waals surface area contributed by atoms with Crippen LogP contribution in [0.25, 0.3) is 11.5 Å². The van der Waals surface area contributed by atoms with Crippen molar-refractivity contribution in [1.29, 1.82) is 0 Å². The number of anilines is 1. The maximum atomic E-state index is 5.76. The van der Waals surface area contributed by atoms with Crippen molar-refractivity contribution in [2.24, 2.45) is 0 Å². The fraction of sp³-hybridized carbons (Fsp3) is 0.167. The highest BCUT2D eigenvalue weighted by Crippen LogP contribution is 2.29. The molecule has 0 aliphatic carbocycles. The van der Waals surface area contributed by atoms with Crippen molar-refractivity contribution in [3.63, 3.8) is 0 Å². The Morgan fingerprint density at radius 2 is 2.05 bits per heavy atom. The van der Waals surface area contributed by atoms with Crippen LogP contribution in [-0.2, 0) is 0 Å². The van der Waals surface area contributed by atoms with Gasteiger partial charge in [-0.2, -0.15) is 4.98 Å². The van der Waals surface area contributed by atoms with Crippen molar-refractivity contribution < 1.29 is 13.9 Å². The molecule has 0 amide bonds. The Hall–Kier alpha value is -2.42. The summed E-state index contributed by atoms with van der Waals surface area (Å²) in [5, 5.41) is 10.9. The quantitative estimate of drug-likeness (QED) is 0.762. The summed E-state index contributed by atoms with van der Waals surface area (Å²) in [5.74, 6) is 1.27. The average molecular weight is 352 g/mol. The molecule has 2 aromatic heterocycles. The number of hydrogen-bond donors (Lipinski definition) is 1. The van der Waals surface area contributed by atoms with Crippen molar-refractivity contribution in [2.75, 3.05) is 5.73 Å². The number of rotatable bonds is 4. The first-order valence-electron chi connectivity index (χ1n) is 5.98. The largest absolute Gasteiger partial charge is 0.480 e. The number of para-hydroxylation sites is 1. The summed E-state index contributed by atoms with van der Waals surface area (Å²) in [4.78, 5) is 4.18. The van der Waals surface area contributed by atoms with Crippen LogP contribution in [0.1, 0.15) is 18.9 Å². The number of nitrogens with zero attached hydrogens (tertiary/aromatic N) is 4. The van der Waals surface area contributed by atoms with Crippen LogP contribution >= 0.6 is 15.9 Å². The first-order valence-corrected chi connectivity index (χ1v) is 6.77. The highest BCUT2D eigenvalue weighted by molar-refractivity contribution is 9.10. The third-order valence-corrected chi connectivity index (χ3v) is 3.31. The van der Waals surface area contributed by atoms with E-state index in [0.717, 1.165) is 4.47 Å². The van der Waals surface area contributed by atoms with Crippen molar-refractivity contribution >= 4 is 21.7 Å². The maximum absolute atomic E-state index is 5.76. The Morgan fingerprint density at radius 3 is 2.76 bits per heavy atom. The van der Waals surface area contributed by atoms with E-state index in [-0.39, 0.29) is 17.3 Å². The molecule has 1 unspecified atom stereocenters. The summed E-state index contributed by atoms with van der Waals surface area (Å²) in [6.07, 6.45) is -0.439. The van der Waals surface area contributed by atoms with Crippen LogP contribution in [0.4, 0.5) is 5.82 Å². The first kappa shape index (κ1) is 13.6. The third-order valence-electron chi connectivity index (χ3n) is 2.66. The van der Waals surface area contributed by atoms with Crippen molar-refractivity contribution in [3.8, 4) is 17.3 Å². The number of halogens is 1. The highest BCUT2D eigenvalue weighted by atomic mass is 79.9. The summed E-state index contributed by atoms with van der Waals surface area (Å²) >= 11 is 3.40. The third kappa shape index (κ3) is 2.72. The van der Waals surface area contributed by atoms with Gasteiger partial charge in [0.25, 0.3) is 5.89 Å². The fourth-order valence-corrected chi connectivity index (χ4v) is 2.01. The molecule has 0 spiro atoms. The van der Waals surface area contributed by atoms with Crippen LogP contribution in [0.5, 0.6) is 5.75 Å². The molecule has 9 heteroatoms. The molecule has 0 aliphatic rings. The van der Waals surface area contributed by atoms with Gasteiger partial charge in [-0.25, -0.2) is 4.63 Å². The number of nitrogen functional groups attached to an aromatic ring is 1. The zero-order valence-corrected chi connectivity index (χ0v) is 12.4. The molecule has 0 aliphatic heterocycles. The Morgan fingerprint density at radius 1 is 1.24 bits per heavy atom. The molecule has 108 valence electrons. The van der Waals surface area contributed by atoms with Gasteiger partial charge in [0, 0.05) is 0 Å². The molecule has 1 atom stereocenters. The fourth-order valence-electron chi connectivity index (χ4n) is 1.63. The van der Waals surface area contributed by atoms with Gasteiger partial charge in [-0.3, -0.25) is 0 Å². The minimum absolute atomic E-state index is 0.0988. The van der Waals surface area contributed by atoms with Gasteiger partial charge in [0.15, 0.2) is 17.6 Å². The summed E-state index contributed by atoms with van der Waals surface area (Å²) in [6, 6.07) is 7.47. The summed E-state index contributed by atoms with van der Waals surface area (Å²) in [6.45, 7) is 1.79. The van der Waals surface area contributed by atoms with E-state index < -0.39 is 6.10 Å². The Balaban J connectivity index is 1.80. The number of nitrogens with two attached hydrogens (primary N) is 1. The molecule has 21 heavy (non-hydrogen) atoms. The van der Waals surface area contributed by atoms with Crippen LogP contribution in [0.3, 0.4) is 0 Å². The molecule has 0 radical (unpaired) electrons. The molecule has 3 aromatic rings. The second-order valence-corrected chi connectivity index (χ2v) is 5.00. The second-order valence-electron chi connectivity index (χ2n) is 4.14. The molecule has 3 rings (SSSR count). The molecular formula is C12H10BrN5O3. The second kappa shape index (κ2) is 5.52. The lowest BCUT2D eigenvalue weighted by Crippen LogP contribution is -2.04. The lowest BCUT2D eigenvalue weighted by molar-refractivity contribution is 0.174. The van der Waals surface area contributed by atoms with Gasteiger partial charge in [-0.1, -0.05) is 17.3 Å². The van der Waals surface area contributed by atoms with Crippen molar-refractivity contribution in [1.82, 2.24) is 20.5 Å². The Bertz CT molecular complexity index is 757. The lowest BCUT2D eigenvalue weighted by atomic mass is 10.3.